The predicted molar refractivity (Wildman–Crippen MR) is 137 cm³/mol. The highest BCUT2D eigenvalue weighted by Crippen LogP contribution is 2.28. The number of carbonyl (C=O) groups is 1. The third-order valence-electron chi connectivity index (χ3n) is 5.30. The SMILES string of the molecule is CCCCOC(=O)Cn1c(-c2ccccc2)ncc(NCc2ccc(-c3ccccc3)s2)c1=O. The van der Waals surface area contributed by atoms with Crippen molar-refractivity contribution in [3.05, 3.63) is 94.2 Å². The Morgan fingerprint density at radius 2 is 1.71 bits per heavy atom. The summed E-state index contributed by atoms with van der Waals surface area (Å²) in [4.78, 5) is 32.5. The van der Waals surface area contributed by atoms with Crippen LogP contribution in [0.15, 0.2) is 83.8 Å². The highest BCUT2D eigenvalue weighted by molar-refractivity contribution is 7.15. The number of hydrogen-bond donors (Lipinski definition) is 1. The van der Waals surface area contributed by atoms with Gasteiger partial charge in [0.1, 0.15) is 18.1 Å². The van der Waals surface area contributed by atoms with E-state index in [1.54, 1.807) is 11.3 Å². The molecule has 0 aliphatic carbocycles. The molecule has 4 rings (SSSR count). The summed E-state index contributed by atoms with van der Waals surface area (Å²) >= 11 is 1.67. The minimum Gasteiger partial charge on any atom is -0.464 e. The molecule has 2 aromatic heterocycles. The van der Waals surface area contributed by atoms with E-state index in [9.17, 15) is 9.59 Å². The van der Waals surface area contributed by atoms with Gasteiger partial charge in [-0.2, -0.15) is 0 Å². The van der Waals surface area contributed by atoms with Gasteiger partial charge in [0.15, 0.2) is 0 Å². The lowest BCUT2D eigenvalue weighted by molar-refractivity contribution is -0.144. The zero-order valence-corrected chi connectivity index (χ0v) is 19.9. The molecule has 0 amide bonds. The molecule has 0 bridgehead atoms. The Balaban J connectivity index is 1.55. The Hall–Kier alpha value is -3.71. The Kier molecular flexibility index (Phi) is 7.88. The first-order chi connectivity index (χ1) is 16.7. The van der Waals surface area contributed by atoms with Gasteiger partial charge in [0.25, 0.3) is 5.56 Å². The lowest BCUT2D eigenvalue weighted by atomic mass is 10.2. The van der Waals surface area contributed by atoms with E-state index in [0.29, 0.717) is 24.7 Å². The number of benzene rings is 2. The normalized spacial score (nSPS) is 10.7. The average molecular weight is 474 g/mol. The summed E-state index contributed by atoms with van der Waals surface area (Å²) in [6.07, 6.45) is 3.26. The summed E-state index contributed by atoms with van der Waals surface area (Å²) in [6, 6.07) is 23.7. The molecule has 0 saturated carbocycles. The van der Waals surface area contributed by atoms with Gasteiger partial charge in [-0.3, -0.25) is 14.2 Å². The molecule has 0 saturated heterocycles. The van der Waals surface area contributed by atoms with Crippen LogP contribution in [0.25, 0.3) is 21.8 Å². The van der Waals surface area contributed by atoms with Crippen LogP contribution in [-0.2, 0) is 22.6 Å². The number of hydrogen-bond acceptors (Lipinski definition) is 6. The van der Waals surface area contributed by atoms with Gasteiger partial charge in [-0.1, -0.05) is 74.0 Å². The van der Waals surface area contributed by atoms with Crippen LogP contribution in [0.4, 0.5) is 5.69 Å². The molecular formula is C27H27N3O3S. The second kappa shape index (κ2) is 11.4. The zero-order valence-electron chi connectivity index (χ0n) is 19.1. The van der Waals surface area contributed by atoms with E-state index in [0.717, 1.165) is 28.8 Å². The number of aromatic nitrogens is 2. The average Bonchev–Trinajstić information content (AvgIpc) is 3.35. The van der Waals surface area contributed by atoms with Crippen LogP contribution in [0.3, 0.4) is 0 Å². The van der Waals surface area contributed by atoms with Crippen LogP contribution in [0.5, 0.6) is 0 Å². The summed E-state index contributed by atoms with van der Waals surface area (Å²) in [6.45, 7) is 2.67. The molecule has 6 nitrogen and oxygen atoms in total. The molecule has 0 aliphatic rings. The number of rotatable bonds is 10. The van der Waals surface area contributed by atoms with Crippen LogP contribution >= 0.6 is 11.3 Å². The Morgan fingerprint density at radius 3 is 2.41 bits per heavy atom. The largest absolute Gasteiger partial charge is 0.464 e. The number of unbranched alkanes of at least 4 members (excludes halogenated alkanes) is 1. The monoisotopic (exact) mass is 473 g/mol. The number of ether oxygens (including phenoxy) is 1. The van der Waals surface area contributed by atoms with Crippen LogP contribution in [-0.4, -0.2) is 22.1 Å². The van der Waals surface area contributed by atoms with Crippen molar-refractivity contribution in [3.63, 3.8) is 0 Å². The molecule has 0 atom stereocenters. The first-order valence-electron chi connectivity index (χ1n) is 11.3. The number of carbonyl (C=O) groups excluding carboxylic acids is 1. The third-order valence-corrected chi connectivity index (χ3v) is 6.43. The van der Waals surface area contributed by atoms with Crippen LogP contribution in [0, 0.1) is 0 Å². The van der Waals surface area contributed by atoms with Gasteiger partial charge in [0, 0.05) is 21.9 Å². The standard InChI is InChI=1S/C27H27N3O3S/c1-2-3-16-33-25(31)19-30-26(21-12-8-5-9-13-21)29-18-23(27(30)32)28-17-22-14-15-24(34-22)20-10-6-4-7-11-20/h4-15,18,28H,2-3,16-17,19H2,1H3. The van der Waals surface area contributed by atoms with E-state index in [4.69, 9.17) is 4.74 Å². The van der Waals surface area contributed by atoms with Gasteiger partial charge in [0.05, 0.1) is 12.8 Å². The fourth-order valence-electron chi connectivity index (χ4n) is 3.50. The molecule has 7 heteroatoms. The minimum atomic E-state index is -0.447. The van der Waals surface area contributed by atoms with Crippen molar-refractivity contribution >= 4 is 23.0 Å². The maximum atomic E-state index is 13.3. The van der Waals surface area contributed by atoms with Crippen LogP contribution in [0.1, 0.15) is 24.6 Å². The van der Waals surface area contributed by atoms with Gasteiger partial charge in [-0.15, -0.1) is 11.3 Å². The van der Waals surface area contributed by atoms with Crippen molar-refractivity contribution in [3.8, 4) is 21.8 Å². The molecule has 174 valence electrons. The molecule has 1 N–H and O–H groups in total. The van der Waals surface area contributed by atoms with Crippen LogP contribution < -0.4 is 10.9 Å². The minimum absolute atomic E-state index is 0.188. The van der Waals surface area contributed by atoms with E-state index < -0.39 is 5.97 Å². The molecule has 0 unspecified atom stereocenters. The van der Waals surface area contributed by atoms with Crippen LogP contribution in [0.2, 0.25) is 0 Å². The van der Waals surface area contributed by atoms with Gasteiger partial charge in [0.2, 0.25) is 0 Å². The molecule has 0 radical (unpaired) electrons. The smallest absolute Gasteiger partial charge is 0.326 e. The third kappa shape index (κ3) is 5.80. The summed E-state index contributed by atoms with van der Waals surface area (Å²) < 4.78 is 6.69. The molecule has 0 aliphatic heterocycles. The van der Waals surface area contributed by atoms with Crippen molar-refractivity contribution in [1.29, 1.82) is 0 Å². The number of anilines is 1. The van der Waals surface area contributed by atoms with E-state index in [1.807, 2.05) is 55.5 Å². The Morgan fingerprint density at radius 1 is 1.00 bits per heavy atom. The van der Waals surface area contributed by atoms with Crippen molar-refractivity contribution < 1.29 is 9.53 Å². The Labute approximate surface area is 202 Å². The van der Waals surface area contributed by atoms with E-state index in [1.165, 1.54) is 15.6 Å². The predicted octanol–water partition coefficient (Wildman–Crippen LogP) is 5.59. The number of nitrogens with zero attached hydrogens (tertiary/aromatic N) is 2. The van der Waals surface area contributed by atoms with Crippen molar-refractivity contribution in [1.82, 2.24) is 9.55 Å². The lowest BCUT2D eigenvalue weighted by Crippen LogP contribution is -2.29. The first kappa shape index (κ1) is 23.4. The van der Waals surface area contributed by atoms with Gasteiger partial charge >= 0.3 is 5.97 Å². The highest BCUT2D eigenvalue weighted by Gasteiger charge is 2.16. The fraction of sp³-hybridized carbons (Fsp3) is 0.222. The van der Waals surface area contributed by atoms with E-state index >= 15 is 0 Å². The number of thiophene rings is 1. The quantitative estimate of drug-likeness (QED) is 0.240. The molecule has 2 aromatic carbocycles. The van der Waals surface area contributed by atoms with Crippen molar-refractivity contribution in [2.24, 2.45) is 0 Å². The molecular weight excluding hydrogens is 446 g/mol. The maximum Gasteiger partial charge on any atom is 0.326 e. The molecule has 2 heterocycles. The molecule has 4 aromatic rings. The number of nitrogens with one attached hydrogen (secondary N) is 1. The fourth-order valence-corrected chi connectivity index (χ4v) is 4.45. The topological polar surface area (TPSA) is 73.2 Å². The van der Waals surface area contributed by atoms with Crippen molar-refractivity contribution in [2.45, 2.75) is 32.9 Å². The lowest BCUT2D eigenvalue weighted by Gasteiger charge is -2.14. The van der Waals surface area contributed by atoms with Crippen molar-refractivity contribution in [2.75, 3.05) is 11.9 Å². The van der Waals surface area contributed by atoms with Gasteiger partial charge < -0.3 is 10.1 Å². The molecule has 0 fully saturated rings. The second-order valence-electron chi connectivity index (χ2n) is 7.81. The summed E-state index contributed by atoms with van der Waals surface area (Å²) in [5.74, 6) is -0.0106. The van der Waals surface area contributed by atoms with E-state index in [2.05, 4.69) is 34.6 Å². The zero-order chi connectivity index (χ0) is 23.8. The number of esters is 1. The Bertz CT molecular complexity index is 1280. The molecule has 0 spiro atoms. The molecule has 34 heavy (non-hydrogen) atoms. The van der Waals surface area contributed by atoms with Gasteiger partial charge in [-0.05, 0) is 24.1 Å². The second-order valence-corrected chi connectivity index (χ2v) is 8.98. The van der Waals surface area contributed by atoms with Gasteiger partial charge in [-0.25, -0.2) is 4.98 Å². The van der Waals surface area contributed by atoms with E-state index in [-0.39, 0.29) is 12.1 Å². The highest BCUT2D eigenvalue weighted by atomic mass is 32.1. The summed E-state index contributed by atoms with van der Waals surface area (Å²) in [7, 11) is 0. The summed E-state index contributed by atoms with van der Waals surface area (Å²) in [5.41, 5.74) is 1.96. The first-order valence-corrected chi connectivity index (χ1v) is 12.2. The summed E-state index contributed by atoms with van der Waals surface area (Å²) in [5, 5.41) is 3.20. The maximum absolute atomic E-state index is 13.3.